The Balaban J connectivity index is 2.47. The number of nitrogens with two attached hydrogens (primary N) is 1. The molecular formula is C11H20N4S. The van der Waals surface area contributed by atoms with Crippen LogP contribution in [0, 0.1) is 0 Å². The van der Waals surface area contributed by atoms with Gasteiger partial charge in [0.05, 0.1) is 0 Å². The Kier molecular flexibility index (Phi) is 5.28. The van der Waals surface area contributed by atoms with Crippen molar-refractivity contribution in [2.75, 3.05) is 13.6 Å². The minimum atomic E-state index is 0.246. The SMILES string of the molecule is CC(C)N=C(NN)N(C)CCc1cccs1. The maximum atomic E-state index is 5.45. The van der Waals surface area contributed by atoms with Gasteiger partial charge in [-0.1, -0.05) is 6.07 Å². The molecule has 0 aromatic carbocycles. The van der Waals surface area contributed by atoms with Gasteiger partial charge in [-0.25, -0.2) is 10.8 Å². The summed E-state index contributed by atoms with van der Waals surface area (Å²) in [5.74, 6) is 6.19. The fraction of sp³-hybridized carbons (Fsp3) is 0.545. The van der Waals surface area contributed by atoms with Gasteiger partial charge in [-0.3, -0.25) is 5.43 Å². The number of hydrogen-bond donors (Lipinski definition) is 2. The van der Waals surface area contributed by atoms with Crippen molar-refractivity contribution in [1.29, 1.82) is 0 Å². The van der Waals surface area contributed by atoms with Gasteiger partial charge in [0.25, 0.3) is 0 Å². The lowest BCUT2D eigenvalue weighted by atomic mass is 10.3. The average molecular weight is 240 g/mol. The van der Waals surface area contributed by atoms with E-state index < -0.39 is 0 Å². The van der Waals surface area contributed by atoms with Crippen molar-refractivity contribution in [3.05, 3.63) is 22.4 Å². The van der Waals surface area contributed by atoms with E-state index in [2.05, 4.69) is 27.9 Å². The Morgan fingerprint density at radius 2 is 2.38 bits per heavy atom. The van der Waals surface area contributed by atoms with Crippen molar-refractivity contribution in [3.8, 4) is 0 Å². The lowest BCUT2D eigenvalue weighted by Gasteiger charge is -2.20. The number of nitrogens with one attached hydrogen (secondary N) is 1. The van der Waals surface area contributed by atoms with Crippen LogP contribution < -0.4 is 11.3 Å². The topological polar surface area (TPSA) is 53.6 Å². The van der Waals surface area contributed by atoms with E-state index in [1.54, 1.807) is 11.3 Å². The van der Waals surface area contributed by atoms with Crippen molar-refractivity contribution in [1.82, 2.24) is 10.3 Å². The number of hydrazine groups is 1. The zero-order chi connectivity index (χ0) is 12.0. The van der Waals surface area contributed by atoms with Gasteiger partial charge in [0.1, 0.15) is 0 Å². The van der Waals surface area contributed by atoms with Gasteiger partial charge >= 0.3 is 0 Å². The summed E-state index contributed by atoms with van der Waals surface area (Å²) in [6.07, 6.45) is 1.02. The molecule has 0 atom stereocenters. The highest BCUT2D eigenvalue weighted by Crippen LogP contribution is 2.09. The Morgan fingerprint density at radius 3 is 2.88 bits per heavy atom. The summed E-state index contributed by atoms with van der Waals surface area (Å²) in [7, 11) is 1.99. The first kappa shape index (κ1) is 13.0. The first-order valence-electron chi connectivity index (χ1n) is 5.41. The highest BCUT2D eigenvalue weighted by molar-refractivity contribution is 7.09. The fourth-order valence-corrected chi connectivity index (χ4v) is 2.03. The van der Waals surface area contributed by atoms with E-state index in [0.29, 0.717) is 0 Å². The van der Waals surface area contributed by atoms with Crippen LogP contribution in [-0.2, 0) is 6.42 Å². The summed E-state index contributed by atoms with van der Waals surface area (Å²) >= 11 is 1.78. The maximum absolute atomic E-state index is 5.45. The molecule has 4 nitrogen and oxygen atoms in total. The number of thiophene rings is 1. The van der Waals surface area contributed by atoms with Crippen molar-refractivity contribution < 1.29 is 0 Å². The fourth-order valence-electron chi connectivity index (χ4n) is 1.33. The third-order valence-corrected chi connectivity index (χ3v) is 3.08. The van der Waals surface area contributed by atoms with Crippen molar-refractivity contribution in [2.45, 2.75) is 26.3 Å². The van der Waals surface area contributed by atoms with Crippen LogP contribution in [0.25, 0.3) is 0 Å². The summed E-state index contributed by atoms with van der Waals surface area (Å²) in [6, 6.07) is 4.47. The van der Waals surface area contributed by atoms with Gasteiger partial charge in [0.2, 0.25) is 5.96 Å². The largest absolute Gasteiger partial charge is 0.345 e. The highest BCUT2D eigenvalue weighted by Gasteiger charge is 2.05. The van der Waals surface area contributed by atoms with Gasteiger partial charge in [-0.05, 0) is 31.7 Å². The molecule has 0 saturated carbocycles. The quantitative estimate of drug-likeness (QED) is 0.362. The first-order chi connectivity index (χ1) is 7.63. The zero-order valence-electron chi connectivity index (χ0n) is 10.1. The average Bonchev–Trinajstić information content (AvgIpc) is 2.75. The molecule has 1 aromatic rings. The van der Waals surface area contributed by atoms with Crippen molar-refractivity contribution in [3.63, 3.8) is 0 Å². The third-order valence-electron chi connectivity index (χ3n) is 2.14. The second-order valence-electron chi connectivity index (χ2n) is 3.94. The molecule has 0 aliphatic carbocycles. The minimum absolute atomic E-state index is 0.246. The molecule has 5 heteroatoms. The summed E-state index contributed by atoms with van der Waals surface area (Å²) in [5, 5.41) is 2.10. The monoisotopic (exact) mass is 240 g/mol. The maximum Gasteiger partial charge on any atom is 0.208 e. The minimum Gasteiger partial charge on any atom is -0.345 e. The smallest absolute Gasteiger partial charge is 0.208 e. The lowest BCUT2D eigenvalue weighted by molar-refractivity contribution is 0.484. The van der Waals surface area contributed by atoms with E-state index in [1.807, 2.05) is 25.8 Å². The van der Waals surface area contributed by atoms with Crippen LogP contribution in [0.1, 0.15) is 18.7 Å². The highest BCUT2D eigenvalue weighted by atomic mass is 32.1. The Bertz CT molecular complexity index is 319. The Labute approximate surface area is 101 Å². The molecule has 16 heavy (non-hydrogen) atoms. The van der Waals surface area contributed by atoms with E-state index in [-0.39, 0.29) is 6.04 Å². The standard InChI is InChI=1S/C11H20N4S/c1-9(2)13-11(14-12)15(3)7-6-10-5-4-8-16-10/h4-5,8-9H,6-7,12H2,1-3H3,(H,13,14). The molecular weight excluding hydrogens is 220 g/mol. The van der Waals surface area contributed by atoms with Crippen LogP contribution in [0.5, 0.6) is 0 Å². The van der Waals surface area contributed by atoms with Crippen LogP contribution in [-0.4, -0.2) is 30.5 Å². The molecule has 0 aliphatic heterocycles. The van der Waals surface area contributed by atoms with Crippen LogP contribution >= 0.6 is 11.3 Å². The van der Waals surface area contributed by atoms with E-state index in [9.17, 15) is 0 Å². The number of nitrogens with zero attached hydrogens (tertiary/aromatic N) is 2. The normalized spacial score (nSPS) is 11.9. The predicted molar refractivity (Wildman–Crippen MR) is 70.5 cm³/mol. The number of rotatable bonds is 4. The van der Waals surface area contributed by atoms with Crippen molar-refractivity contribution >= 4 is 17.3 Å². The second-order valence-corrected chi connectivity index (χ2v) is 4.97. The molecule has 0 radical (unpaired) electrons. The van der Waals surface area contributed by atoms with Gasteiger partial charge in [0, 0.05) is 24.5 Å². The number of guanidine groups is 1. The summed E-state index contributed by atoms with van der Waals surface area (Å²) in [6.45, 7) is 4.98. The Morgan fingerprint density at radius 1 is 1.62 bits per heavy atom. The Hall–Kier alpha value is -1.07. The number of aliphatic imine (C=N–C) groups is 1. The molecule has 1 heterocycles. The summed E-state index contributed by atoms with van der Waals surface area (Å²) < 4.78 is 0. The first-order valence-corrected chi connectivity index (χ1v) is 6.29. The predicted octanol–water partition coefficient (Wildman–Crippen LogP) is 1.45. The van der Waals surface area contributed by atoms with E-state index in [0.717, 1.165) is 18.9 Å². The van der Waals surface area contributed by atoms with Crippen LogP contribution in [0.4, 0.5) is 0 Å². The second kappa shape index (κ2) is 6.50. The molecule has 0 spiro atoms. The zero-order valence-corrected chi connectivity index (χ0v) is 10.9. The summed E-state index contributed by atoms with van der Waals surface area (Å²) in [4.78, 5) is 7.83. The van der Waals surface area contributed by atoms with Crippen LogP contribution in [0.2, 0.25) is 0 Å². The van der Waals surface area contributed by atoms with Crippen molar-refractivity contribution in [2.24, 2.45) is 10.8 Å². The van der Waals surface area contributed by atoms with Gasteiger partial charge < -0.3 is 4.90 Å². The molecule has 0 amide bonds. The van der Waals surface area contributed by atoms with Gasteiger partial charge in [0.15, 0.2) is 0 Å². The number of hydrogen-bond acceptors (Lipinski definition) is 3. The van der Waals surface area contributed by atoms with Gasteiger partial charge in [-0.2, -0.15) is 0 Å². The lowest BCUT2D eigenvalue weighted by Crippen LogP contribution is -2.44. The van der Waals surface area contributed by atoms with Crippen LogP contribution in [0.15, 0.2) is 22.5 Å². The summed E-state index contributed by atoms with van der Waals surface area (Å²) in [5.41, 5.74) is 2.64. The van der Waals surface area contributed by atoms with E-state index in [1.165, 1.54) is 4.88 Å². The molecule has 90 valence electrons. The van der Waals surface area contributed by atoms with Crippen LogP contribution in [0.3, 0.4) is 0 Å². The number of likely N-dealkylation sites (N-methyl/N-ethyl adjacent to an activating group) is 1. The molecule has 3 N–H and O–H groups in total. The molecule has 0 aliphatic rings. The molecule has 0 bridgehead atoms. The molecule has 1 aromatic heterocycles. The third kappa shape index (κ3) is 4.20. The molecule has 0 unspecified atom stereocenters. The van der Waals surface area contributed by atoms with E-state index >= 15 is 0 Å². The molecule has 0 saturated heterocycles. The van der Waals surface area contributed by atoms with E-state index in [4.69, 9.17) is 5.84 Å². The van der Waals surface area contributed by atoms with Gasteiger partial charge in [-0.15, -0.1) is 11.3 Å². The molecule has 0 fully saturated rings. The molecule has 1 rings (SSSR count).